The summed E-state index contributed by atoms with van der Waals surface area (Å²) >= 11 is 0. The Morgan fingerprint density at radius 3 is 2.80 bits per heavy atom. The van der Waals surface area contributed by atoms with E-state index in [1.54, 1.807) is 0 Å². The fourth-order valence-electron chi connectivity index (χ4n) is 1.47. The van der Waals surface area contributed by atoms with Crippen molar-refractivity contribution in [1.82, 2.24) is 4.90 Å². The van der Waals surface area contributed by atoms with Crippen LogP contribution >= 0.6 is 0 Å². The Balaban J connectivity index is 2.13. The van der Waals surface area contributed by atoms with E-state index in [9.17, 15) is 0 Å². The molecule has 1 saturated heterocycles. The molecule has 0 aromatic heterocycles. The SMILES string of the molecule is CN(C)C[C@H]1CCCOC1. The highest BCUT2D eigenvalue weighted by atomic mass is 16.5. The number of hydrogen-bond donors (Lipinski definition) is 0. The molecule has 0 aromatic rings. The van der Waals surface area contributed by atoms with Gasteiger partial charge in [0.15, 0.2) is 0 Å². The van der Waals surface area contributed by atoms with Gasteiger partial charge in [-0.15, -0.1) is 0 Å². The van der Waals surface area contributed by atoms with Gasteiger partial charge in [-0.3, -0.25) is 0 Å². The highest BCUT2D eigenvalue weighted by Gasteiger charge is 2.13. The molecular weight excluding hydrogens is 126 g/mol. The van der Waals surface area contributed by atoms with Crippen LogP contribution in [0.5, 0.6) is 0 Å². The number of hydrogen-bond acceptors (Lipinski definition) is 2. The van der Waals surface area contributed by atoms with Crippen LogP contribution in [0.1, 0.15) is 12.8 Å². The van der Waals surface area contributed by atoms with Crippen LogP contribution in [-0.2, 0) is 4.74 Å². The first kappa shape index (κ1) is 8.02. The monoisotopic (exact) mass is 143 g/mol. The number of ether oxygens (including phenoxy) is 1. The second-order valence-electron chi connectivity index (χ2n) is 3.35. The second kappa shape index (κ2) is 3.94. The first-order valence-corrected chi connectivity index (χ1v) is 4.01. The van der Waals surface area contributed by atoms with E-state index in [4.69, 9.17) is 4.74 Å². The van der Waals surface area contributed by atoms with Gasteiger partial charge in [-0.1, -0.05) is 0 Å². The van der Waals surface area contributed by atoms with Gasteiger partial charge in [-0.05, 0) is 32.9 Å². The lowest BCUT2D eigenvalue weighted by Gasteiger charge is -2.24. The molecule has 1 heterocycles. The van der Waals surface area contributed by atoms with Crippen molar-refractivity contribution < 1.29 is 4.74 Å². The summed E-state index contributed by atoms with van der Waals surface area (Å²) in [5.41, 5.74) is 0. The first-order chi connectivity index (χ1) is 4.79. The summed E-state index contributed by atoms with van der Waals surface area (Å²) < 4.78 is 5.36. The van der Waals surface area contributed by atoms with Crippen molar-refractivity contribution in [3.63, 3.8) is 0 Å². The lowest BCUT2D eigenvalue weighted by atomic mass is 10.0. The van der Waals surface area contributed by atoms with Gasteiger partial charge in [0.05, 0.1) is 6.61 Å². The van der Waals surface area contributed by atoms with Crippen molar-refractivity contribution in [2.24, 2.45) is 5.92 Å². The van der Waals surface area contributed by atoms with E-state index in [-0.39, 0.29) is 0 Å². The average Bonchev–Trinajstić information content (AvgIpc) is 1.88. The van der Waals surface area contributed by atoms with Crippen LogP contribution < -0.4 is 0 Å². The Kier molecular flexibility index (Phi) is 3.16. The molecule has 1 fully saturated rings. The molecule has 0 radical (unpaired) electrons. The van der Waals surface area contributed by atoms with Gasteiger partial charge in [-0.25, -0.2) is 0 Å². The molecule has 0 bridgehead atoms. The third kappa shape index (κ3) is 2.67. The van der Waals surface area contributed by atoms with E-state index in [1.807, 2.05) is 0 Å². The minimum Gasteiger partial charge on any atom is -0.381 e. The highest BCUT2D eigenvalue weighted by Crippen LogP contribution is 2.13. The van der Waals surface area contributed by atoms with Gasteiger partial charge in [0, 0.05) is 13.2 Å². The molecule has 0 aliphatic carbocycles. The van der Waals surface area contributed by atoms with Crippen molar-refractivity contribution in [1.29, 1.82) is 0 Å². The van der Waals surface area contributed by atoms with E-state index in [1.165, 1.54) is 19.4 Å². The largest absolute Gasteiger partial charge is 0.381 e. The molecular formula is C8H17NO. The Hall–Kier alpha value is -0.0800. The summed E-state index contributed by atoms with van der Waals surface area (Å²) in [6.07, 6.45) is 2.59. The molecule has 2 nitrogen and oxygen atoms in total. The molecule has 2 heteroatoms. The molecule has 1 aliphatic heterocycles. The lowest BCUT2D eigenvalue weighted by molar-refractivity contribution is 0.0449. The maximum Gasteiger partial charge on any atom is 0.0506 e. The van der Waals surface area contributed by atoms with Crippen LogP contribution in [0.3, 0.4) is 0 Å². The summed E-state index contributed by atoms with van der Waals surface area (Å²) in [6.45, 7) is 3.13. The number of nitrogens with zero attached hydrogens (tertiary/aromatic N) is 1. The summed E-state index contributed by atoms with van der Waals surface area (Å²) in [5, 5.41) is 0. The third-order valence-electron chi connectivity index (χ3n) is 1.88. The molecule has 10 heavy (non-hydrogen) atoms. The first-order valence-electron chi connectivity index (χ1n) is 4.01. The minimum atomic E-state index is 0.781. The van der Waals surface area contributed by atoms with E-state index < -0.39 is 0 Å². The van der Waals surface area contributed by atoms with Gasteiger partial charge < -0.3 is 9.64 Å². The Labute approximate surface area is 63.2 Å². The average molecular weight is 143 g/mol. The summed E-state index contributed by atoms with van der Waals surface area (Å²) in [5.74, 6) is 0.781. The maximum atomic E-state index is 5.36. The van der Waals surface area contributed by atoms with E-state index >= 15 is 0 Å². The smallest absolute Gasteiger partial charge is 0.0506 e. The van der Waals surface area contributed by atoms with Crippen molar-refractivity contribution in [3.8, 4) is 0 Å². The molecule has 1 atom stereocenters. The molecule has 1 aliphatic rings. The van der Waals surface area contributed by atoms with Crippen LogP contribution in [0.4, 0.5) is 0 Å². The quantitative estimate of drug-likeness (QED) is 0.571. The predicted molar refractivity (Wildman–Crippen MR) is 42.1 cm³/mol. The van der Waals surface area contributed by atoms with E-state index in [2.05, 4.69) is 19.0 Å². The number of rotatable bonds is 2. The molecule has 0 unspecified atom stereocenters. The Morgan fingerprint density at radius 1 is 1.50 bits per heavy atom. The molecule has 0 aromatic carbocycles. The van der Waals surface area contributed by atoms with Gasteiger partial charge in [-0.2, -0.15) is 0 Å². The molecule has 0 spiro atoms. The molecule has 0 amide bonds. The zero-order valence-corrected chi connectivity index (χ0v) is 6.97. The Morgan fingerprint density at radius 2 is 2.30 bits per heavy atom. The zero-order valence-electron chi connectivity index (χ0n) is 6.97. The standard InChI is InChI=1S/C8H17NO/c1-9(2)6-8-4-3-5-10-7-8/h8H,3-7H2,1-2H3/t8-/m1/s1. The molecule has 0 N–H and O–H groups in total. The van der Waals surface area contributed by atoms with E-state index in [0.717, 1.165) is 19.1 Å². The summed E-state index contributed by atoms with van der Waals surface area (Å²) in [6, 6.07) is 0. The summed E-state index contributed by atoms with van der Waals surface area (Å²) in [4.78, 5) is 2.24. The third-order valence-corrected chi connectivity index (χ3v) is 1.88. The fourth-order valence-corrected chi connectivity index (χ4v) is 1.47. The molecule has 0 saturated carbocycles. The van der Waals surface area contributed by atoms with Crippen LogP contribution in [-0.4, -0.2) is 38.8 Å². The fraction of sp³-hybridized carbons (Fsp3) is 1.00. The van der Waals surface area contributed by atoms with Crippen LogP contribution in [0.25, 0.3) is 0 Å². The van der Waals surface area contributed by atoms with Crippen molar-refractivity contribution in [2.75, 3.05) is 33.9 Å². The van der Waals surface area contributed by atoms with Crippen LogP contribution in [0.2, 0.25) is 0 Å². The van der Waals surface area contributed by atoms with Crippen molar-refractivity contribution in [2.45, 2.75) is 12.8 Å². The van der Waals surface area contributed by atoms with Gasteiger partial charge >= 0.3 is 0 Å². The molecule has 60 valence electrons. The zero-order chi connectivity index (χ0) is 7.40. The van der Waals surface area contributed by atoms with Crippen molar-refractivity contribution >= 4 is 0 Å². The molecule has 1 rings (SSSR count). The second-order valence-corrected chi connectivity index (χ2v) is 3.35. The maximum absolute atomic E-state index is 5.36. The predicted octanol–water partition coefficient (Wildman–Crippen LogP) is 0.975. The topological polar surface area (TPSA) is 12.5 Å². The van der Waals surface area contributed by atoms with Gasteiger partial charge in [0.25, 0.3) is 0 Å². The van der Waals surface area contributed by atoms with Crippen LogP contribution in [0.15, 0.2) is 0 Å². The lowest BCUT2D eigenvalue weighted by Crippen LogP contribution is -2.28. The van der Waals surface area contributed by atoms with Crippen molar-refractivity contribution in [3.05, 3.63) is 0 Å². The summed E-state index contributed by atoms with van der Waals surface area (Å²) in [7, 11) is 4.24. The minimum absolute atomic E-state index is 0.781. The van der Waals surface area contributed by atoms with Gasteiger partial charge in [0.2, 0.25) is 0 Å². The normalized spacial score (nSPS) is 27.3. The Bertz CT molecular complexity index is 87.3. The van der Waals surface area contributed by atoms with Gasteiger partial charge in [0.1, 0.15) is 0 Å². The highest BCUT2D eigenvalue weighted by molar-refractivity contribution is 4.64. The van der Waals surface area contributed by atoms with E-state index in [0.29, 0.717) is 0 Å². The van der Waals surface area contributed by atoms with Crippen LogP contribution in [0, 0.1) is 5.92 Å².